The molecule has 0 bridgehead atoms. The van der Waals surface area contributed by atoms with Crippen LogP contribution in [0.4, 0.5) is 11.4 Å². The second-order valence-electron chi connectivity index (χ2n) is 4.55. The first-order valence-electron chi connectivity index (χ1n) is 6.28. The molecule has 1 amide bonds. The molecule has 5 nitrogen and oxygen atoms in total. The Bertz CT molecular complexity index is 758. The van der Waals surface area contributed by atoms with Gasteiger partial charge >= 0.3 is 0 Å². The third kappa shape index (κ3) is 2.47. The number of benzene rings is 2. The van der Waals surface area contributed by atoms with E-state index in [1.807, 2.05) is 42.5 Å². The van der Waals surface area contributed by atoms with E-state index in [1.54, 1.807) is 6.20 Å². The summed E-state index contributed by atoms with van der Waals surface area (Å²) in [6, 6.07) is 13.7. The Hall–Kier alpha value is -2.82. The number of fused-ring (bicyclic) bond motifs is 1. The summed E-state index contributed by atoms with van der Waals surface area (Å²) in [6.45, 7) is 0.139. The molecule has 0 aliphatic carbocycles. The van der Waals surface area contributed by atoms with Crippen molar-refractivity contribution in [2.24, 2.45) is 0 Å². The third-order valence-corrected chi connectivity index (χ3v) is 3.02. The van der Waals surface area contributed by atoms with Crippen molar-refractivity contribution in [2.75, 3.05) is 11.1 Å². The topological polar surface area (TPSA) is 72.9 Å². The monoisotopic (exact) mass is 266 g/mol. The van der Waals surface area contributed by atoms with Gasteiger partial charge in [0.05, 0.1) is 11.9 Å². The van der Waals surface area contributed by atoms with Gasteiger partial charge < -0.3 is 11.1 Å². The summed E-state index contributed by atoms with van der Waals surface area (Å²) in [5, 5.41) is 9.00. The number of hydrogen-bond donors (Lipinski definition) is 2. The minimum absolute atomic E-state index is 0.135. The van der Waals surface area contributed by atoms with Gasteiger partial charge in [-0.25, -0.2) is 0 Å². The number of nitrogens with zero attached hydrogens (tertiary/aromatic N) is 2. The van der Waals surface area contributed by atoms with E-state index in [0.29, 0.717) is 5.69 Å². The van der Waals surface area contributed by atoms with Crippen LogP contribution in [0.5, 0.6) is 0 Å². The Morgan fingerprint density at radius 1 is 1.20 bits per heavy atom. The molecule has 1 heterocycles. The van der Waals surface area contributed by atoms with Gasteiger partial charge in [0, 0.05) is 17.3 Å². The van der Waals surface area contributed by atoms with Crippen molar-refractivity contribution >= 4 is 28.1 Å². The average molecular weight is 266 g/mol. The first-order chi connectivity index (χ1) is 9.72. The van der Waals surface area contributed by atoms with Gasteiger partial charge in [-0.2, -0.15) is 5.10 Å². The second kappa shape index (κ2) is 5.05. The summed E-state index contributed by atoms with van der Waals surface area (Å²) in [7, 11) is 0. The fraction of sp³-hybridized carbons (Fsp3) is 0.0667. The van der Waals surface area contributed by atoms with E-state index in [4.69, 9.17) is 5.73 Å². The summed E-state index contributed by atoms with van der Waals surface area (Å²) in [5.74, 6) is -0.135. The Kier molecular flexibility index (Phi) is 3.09. The molecule has 0 unspecified atom stereocenters. The molecule has 20 heavy (non-hydrogen) atoms. The van der Waals surface area contributed by atoms with Gasteiger partial charge in [0.25, 0.3) is 0 Å². The van der Waals surface area contributed by atoms with E-state index in [9.17, 15) is 4.79 Å². The molecule has 3 N–H and O–H groups in total. The summed E-state index contributed by atoms with van der Waals surface area (Å²) < 4.78 is 1.51. The molecule has 2 aromatic carbocycles. The summed E-state index contributed by atoms with van der Waals surface area (Å²) in [4.78, 5) is 12.0. The van der Waals surface area contributed by atoms with Crippen molar-refractivity contribution < 1.29 is 4.79 Å². The highest BCUT2D eigenvalue weighted by atomic mass is 16.2. The van der Waals surface area contributed by atoms with Gasteiger partial charge in [0.15, 0.2) is 0 Å². The lowest BCUT2D eigenvalue weighted by Gasteiger charge is -2.08. The highest BCUT2D eigenvalue weighted by Crippen LogP contribution is 2.22. The van der Waals surface area contributed by atoms with Crippen molar-refractivity contribution in [1.82, 2.24) is 9.78 Å². The predicted molar refractivity (Wildman–Crippen MR) is 79.2 cm³/mol. The number of nitrogens with one attached hydrogen (secondary N) is 1. The smallest absolute Gasteiger partial charge is 0.246 e. The number of amides is 1. The molecule has 0 aliphatic rings. The van der Waals surface area contributed by atoms with Crippen molar-refractivity contribution in [3.63, 3.8) is 0 Å². The van der Waals surface area contributed by atoms with E-state index >= 15 is 0 Å². The first-order valence-corrected chi connectivity index (χ1v) is 6.28. The highest BCUT2D eigenvalue weighted by Gasteiger charge is 2.07. The number of nitrogen functional groups attached to an aromatic ring is 1. The second-order valence-corrected chi connectivity index (χ2v) is 4.55. The zero-order chi connectivity index (χ0) is 13.9. The molecule has 0 radical (unpaired) electrons. The summed E-state index contributed by atoms with van der Waals surface area (Å²) in [5.41, 5.74) is 6.91. The van der Waals surface area contributed by atoms with Crippen LogP contribution in [0.25, 0.3) is 10.8 Å². The molecule has 0 saturated heterocycles. The fourth-order valence-electron chi connectivity index (χ4n) is 2.14. The molecule has 1 aromatic heterocycles. The Balaban J connectivity index is 1.81. The molecule has 5 heteroatoms. The maximum absolute atomic E-state index is 12.0. The Morgan fingerprint density at radius 3 is 2.80 bits per heavy atom. The molecular weight excluding hydrogens is 252 g/mol. The van der Waals surface area contributed by atoms with Crippen molar-refractivity contribution in [3.05, 3.63) is 54.9 Å². The maximum atomic E-state index is 12.0. The van der Waals surface area contributed by atoms with Gasteiger partial charge in [0.1, 0.15) is 6.54 Å². The molecule has 0 spiro atoms. The molecule has 0 saturated carbocycles. The maximum Gasteiger partial charge on any atom is 0.246 e. The van der Waals surface area contributed by atoms with Crippen LogP contribution in [0.2, 0.25) is 0 Å². The number of rotatable bonds is 3. The van der Waals surface area contributed by atoms with Crippen LogP contribution in [-0.4, -0.2) is 15.7 Å². The van der Waals surface area contributed by atoms with Crippen LogP contribution in [0, 0.1) is 0 Å². The standard InChI is InChI=1S/C15H14N4O/c16-12-8-17-19(9-12)10-15(20)18-14-7-3-5-11-4-1-2-6-13(11)14/h1-9H,10,16H2,(H,18,20). The van der Waals surface area contributed by atoms with E-state index in [1.165, 1.54) is 10.9 Å². The SMILES string of the molecule is Nc1cnn(CC(=O)Nc2cccc3ccccc23)c1. The lowest BCUT2D eigenvalue weighted by atomic mass is 10.1. The van der Waals surface area contributed by atoms with Crippen molar-refractivity contribution in [3.8, 4) is 0 Å². The number of hydrogen-bond acceptors (Lipinski definition) is 3. The zero-order valence-electron chi connectivity index (χ0n) is 10.8. The number of anilines is 2. The third-order valence-electron chi connectivity index (χ3n) is 3.02. The van der Waals surface area contributed by atoms with Gasteiger partial charge in [-0.05, 0) is 11.5 Å². The Morgan fingerprint density at radius 2 is 2.00 bits per heavy atom. The molecule has 0 atom stereocenters. The molecule has 0 aliphatic heterocycles. The normalized spacial score (nSPS) is 10.6. The van der Waals surface area contributed by atoms with Crippen LogP contribution < -0.4 is 11.1 Å². The van der Waals surface area contributed by atoms with Crippen LogP contribution in [0.3, 0.4) is 0 Å². The zero-order valence-corrected chi connectivity index (χ0v) is 10.8. The van der Waals surface area contributed by atoms with Crippen LogP contribution in [0.15, 0.2) is 54.9 Å². The van der Waals surface area contributed by atoms with Crippen molar-refractivity contribution in [1.29, 1.82) is 0 Å². The number of nitrogens with two attached hydrogens (primary N) is 1. The fourth-order valence-corrected chi connectivity index (χ4v) is 2.14. The predicted octanol–water partition coefficient (Wildman–Crippen LogP) is 2.26. The molecular formula is C15H14N4O. The molecule has 3 aromatic rings. The number of carbonyl (C=O) groups excluding carboxylic acids is 1. The molecule has 3 rings (SSSR count). The van der Waals surface area contributed by atoms with Crippen LogP contribution >= 0.6 is 0 Å². The number of carbonyl (C=O) groups is 1. The lowest BCUT2D eigenvalue weighted by Crippen LogP contribution is -2.19. The minimum atomic E-state index is -0.135. The minimum Gasteiger partial charge on any atom is -0.396 e. The van der Waals surface area contributed by atoms with Crippen LogP contribution in [0.1, 0.15) is 0 Å². The van der Waals surface area contributed by atoms with E-state index in [0.717, 1.165) is 16.5 Å². The first kappa shape index (κ1) is 12.2. The highest BCUT2D eigenvalue weighted by molar-refractivity contribution is 6.01. The van der Waals surface area contributed by atoms with E-state index < -0.39 is 0 Å². The van der Waals surface area contributed by atoms with Crippen molar-refractivity contribution in [2.45, 2.75) is 6.54 Å². The van der Waals surface area contributed by atoms with E-state index in [-0.39, 0.29) is 12.5 Å². The summed E-state index contributed by atoms with van der Waals surface area (Å²) in [6.07, 6.45) is 3.15. The Labute approximate surface area is 116 Å². The largest absolute Gasteiger partial charge is 0.396 e. The van der Waals surface area contributed by atoms with Crippen LogP contribution in [-0.2, 0) is 11.3 Å². The lowest BCUT2D eigenvalue weighted by molar-refractivity contribution is -0.116. The molecule has 0 fully saturated rings. The average Bonchev–Trinajstić information content (AvgIpc) is 2.84. The van der Waals surface area contributed by atoms with Gasteiger partial charge in [-0.3, -0.25) is 9.48 Å². The summed E-state index contributed by atoms with van der Waals surface area (Å²) >= 11 is 0. The number of aromatic nitrogens is 2. The van der Waals surface area contributed by atoms with Gasteiger partial charge in [-0.1, -0.05) is 36.4 Å². The van der Waals surface area contributed by atoms with Gasteiger partial charge in [-0.15, -0.1) is 0 Å². The quantitative estimate of drug-likeness (QED) is 0.763. The van der Waals surface area contributed by atoms with Gasteiger partial charge in [0.2, 0.25) is 5.91 Å². The van der Waals surface area contributed by atoms with E-state index in [2.05, 4.69) is 10.4 Å². The molecule has 100 valence electrons.